The largest absolute Gasteiger partial charge is 0.456 e. The molecule has 5 heterocycles. The van der Waals surface area contributed by atoms with Gasteiger partial charge in [0.1, 0.15) is 22.6 Å². The average molecular weight is 765 g/mol. The Morgan fingerprint density at radius 2 is 1.28 bits per heavy atom. The van der Waals surface area contributed by atoms with E-state index in [2.05, 4.69) is 125 Å². The number of furan rings is 1. The van der Waals surface area contributed by atoms with Gasteiger partial charge in [0.05, 0.1) is 11.2 Å². The third-order valence-electron chi connectivity index (χ3n) is 12.1. The number of rotatable bonds is 5. The maximum absolute atomic E-state index is 18.3. The van der Waals surface area contributed by atoms with E-state index < -0.39 is 14.2 Å². The summed E-state index contributed by atoms with van der Waals surface area (Å²) in [5.41, 5.74) is 6.26. The summed E-state index contributed by atoms with van der Waals surface area (Å²) in [7, 11) is -3.20. The van der Waals surface area contributed by atoms with Crippen LogP contribution in [0.4, 0.5) is 21.6 Å². The van der Waals surface area contributed by atoms with Crippen molar-refractivity contribution < 1.29 is 8.81 Å². The number of fused-ring (bicyclic) bond motifs is 12. The highest BCUT2D eigenvalue weighted by atomic mass is 28.3. The van der Waals surface area contributed by atoms with Crippen LogP contribution in [-0.2, 0) is 0 Å². The van der Waals surface area contributed by atoms with Crippen LogP contribution in [0, 0.1) is 0 Å². The molecule has 12 rings (SSSR count). The maximum atomic E-state index is 18.3. The first-order valence-corrected chi connectivity index (χ1v) is 21.5. The van der Waals surface area contributed by atoms with Crippen LogP contribution in [0.3, 0.4) is 0 Å². The van der Waals surface area contributed by atoms with Gasteiger partial charge in [-0.3, -0.25) is 9.30 Å². The van der Waals surface area contributed by atoms with Gasteiger partial charge in [0.2, 0.25) is 0 Å². The summed E-state index contributed by atoms with van der Waals surface area (Å²) in [5.74, 6) is 0.746. The lowest BCUT2D eigenvalue weighted by Gasteiger charge is -2.44. The first-order chi connectivity index (χ1) is 28.7. The van der Waals surface area contributed by atoms with Crippen molar-refractivity contribution in [3.8, 4) is 0 Å². The number of benzene rings is 7. The van der Waals surface area contributed by atoms with Crippen molar-refractivity contribution in [2.75, 3.05) is 4.90 Å². The van der Waals surface area contributed by atoms with Gasteiger partial charge in [0.25, 0.3) is 0 Å². The monoisotopic (exact) mass is 764 g/mol. The number of anilines is 3. The number of nitrogens with zero attached hydrogens (tertiary/aromatic N) is 4. The van der Waals surface area contributed by atoms with Crippen LogP contribution < -0.4 is 25.6 Å². The lowest BCUT2D eigenvalue weighted by atomic mass is 9.94. The standard InChI is InChI=1S/C51H33FN4OSi/c52-48(33-26-27-36-37-19-7-9-21-41(37)55-30-29-54-51(55)39(36)31-33)40-32-43-50(49-47(40)38-20-8-11-23-44(38)57-49)58(34-15-3-1-4-16-34,35-17-5-2-6-18-35)45-24-12-10-22-42(45)56(43)46-25-13-14-28-53-46/h1-32,48H. The van der Waals surface area contributed by atoms with E-state index in [1.807, 2.05) is 79.3 Å². The molecule has 1 unspecified atom stereocenters. The second kappa shape index (κ2) is 12.6. The molecule has 0 fully saturated rings. The Morgan fingerprint density at radius 3 is 2.07 bits per heavy atom. The highest BCUT2D eigenvalue weighted by Crippen LogP contribution is 2.46. The van der Waals surface area contributed by atoms with Crippen molar-refractivity contribution in [1.29, 1.82) is 0 Å². The molecule has 7 aromatic carbocycles. The maximum Gasteiger partial charge on any atom is 0.188 e. The minimum atomic E-state index is -3.20. The molecular weight excluding hydrogens is 732 g/mol. The number of halogens is 1. The highest BCUT2D eigenvalue weighted by Gasteiger charge is 2.51. The van der Waals surface area contributed by atoms with Gasteiger partial charge in [-0.2, -0.15) is 0 Å². The van der Waals surface area contributed by atoms with Gasteiger partial charge >= 0.3 is 0 Å². The quantitative estimate of drug-likeness (QED) is 0.129. The van der Waals surface area contributed by atoms with E-state index in [-0.39, 0.29) is 0 Å². The zero-order valence-corrected chi connectivity index (χ0v) is 32.1. The van der Waals surface area contributed by atoms with Crippen molar-refractivity contribution >= 4 is 95.3 Å². The zero-order valence-electron chi connectivity index (χ0n) is 31.1. The van der Waals surface area contributed by atoms with Crippen LogP contribution in [0.1, 0.15) is 17.3 Å². The van der Waals surface area contributed by atoms with Crippen LogP contribution in [0.2, 0.25) is 0 Å². The van der Waals surface area contributed by atoms with E-state index in [0.29, 0.717) is 16.7 Å². The fraction of sp³-hybridized carbons (Fsp3) is 0.0196. The summed E-state index contributed by atoms with van der Waals surface area (Å²) in [6.45, 7) is 0. The molecule has 1 atom stereocenters. The zero-order chi connectivity index (χ0) is 38.4. The minimum Gasteiger partial charge on any atom is -0.456 e. The molecule has 0 radical (unpaired) electrons. The van der Waals surface area contributed by atoms with E-state index in [9.17, 15) is 0 Å². The van der Waals surface area contributed by atoms with Crippen molar-refractivity contribution in [3.63, 3.8) is 0 Å². The molecule has 1 aliphatic rings. The number of alkyl halides is 1. The number of para-hydroxylation sites is 3. The van der Waals surface area contributed by atoms with Crippen LogP contribution >= 0.6 is 0 Å². The summed E-state index contributed by atoms with van der Waals surface area (Å²) < 4.78 is 27.6. The Hall–Kier alpha value is -7.35. The molecule has 58 heavy (non-hydrogen) atoms. The number of pyridine rings is 2. The first-order valence-electron chi connectivity index (χ1n) is 19.5. The van der Waals surface area contributed by atoms with Crippen molar-refractivity contribution in [2.45, 2.75) is 6.17 Å². The lowest BCUT2D eigenvalue weighted by Crippen LogP contribution is -2.77. The topological polar surface area (TPSA) is 46.6 Å². The predicted molar refractivity (Wildman–Crippen MR) is 237 cm³/mol. The number of aromatic nitrogens is 3. The van der Waals surface area contributed by atoms with Crippen molar-refractivity contribution in [1.82, 2.24) is 14.4 Å². The van der Waals surface area contributed by atoms with Crippen LogP contribution in [-0.4, -0.2) is 22.4 Å². The third-order valence-corrected chi connectivity index (χ3v) is 16.9. The van der Waals surface area contributed by atoms with Gasteiger partial charge in [-0.15, -0.1) is 0 Å². The van der Waals surface area contributed by atoms with Crippen molar-refractivity contribution in [2.24, 2.45) is 0 Å². The fourth-order valence-electron chi connectivity index (χ4n) is 9.71. The minimum absolute atomic E-state index is 0.544. The molecule has 4 aromatic heterocycles. The SMILES string of the molecule is FC(c1ccc2c3ccccc3n3ccnc3c2c1)c1cc2c(c3oc4ccccc4c13)[Si](c1ccccc1)(c1ccccc1)c1ccccc1N2c1ccccn1. The molecule has 0 amide bonds. The summed E-state index contributed by atoms with van der Waals surface area (Å²) in [5, 5.41) is 9.41. The lowest BCUT2D eigenvalue weighted by molar-refractivity contribution is 0.405. The van der Waals surface area contributed by atoms with Crippen LogP contribution in [0.15, 0.2) is 199 Å². The second-order valence-corrected chi connectivity index (χ2v) is 18.7. The molecule has 11 aromatic rings. The van der Waals surface area contributed by atoms with Crippen molar-refractivity contribution in [3.05, 3.63) is 206 Å². The highest BCUT2D eigenvalue weighted by molar-refractivity contribution is 7.22. The number of imidazole rings is 1. The van der Waals surface area contributed by atoms with Gasteiger partial charge in [0, 0.05) is 56.6 Å². The van der Waals surface area contributed by atoms with E-state index in [0.717, 1.165) is 66.1 Å². The van der Waals surface area contributed by atoms with Crippen LogP contribution in [0.25, 0.3) is 49.3 Å². The summed E-state index contributed by atoms with van der Waals surface area (Å²) in [6.07, 6.45) is 4.09. The summed E-state index contributed by atoms with van der Waals surface area (Å²) >= 11 is 0. The smallest absolute Gasteiger partial charge is 0.188 e. The molecule has 7 heteroatoms. The molecule has 0 aliphatic carbocycles. The first kappa shape index (κ1) is 32.8. The Kier molecular flexibility index (Phi) is 7.12. The Bertz CT molecular complexity index is 3340. The molecule has 274 valence electrons. The second-order valence-electron chi connectivity index (χ2n) is 15.0. The molecule has 0 saturated heterocycles. The van der Waals surface area contributed by atoms with E-state index in [1.54, 1.807) is 0 Å². The average Bonchev–Trinajstić information content (AvgIpc) is 3.95. The molecule has 0 bridgehead atoms. The Labute approximate surface area is 333 Å². The van der Waals surface area contributed by atoms with Gasteiger partial charge in [-0.1, -0.05) is 133 Å². The molecule has 0 saturated carbocycles. The van der Waals surface area contributed by atoms with Gasteiger partial charge in [0.15, 0.2) is 14.2 Å². The van der Waals surface area contributed by atoms with E-state index in [4.69, 9.17) is 14.4 Å². The van der Waals surface area contributed by atoms with Gasteiger partial charge in [-0.05, 0) is 69.0 Å². The number of hydrogen-bond donors (Lipinski definition) is 0. The Morgan fingerprint density at radius 1 is 0.569 bits per heavy atom. The summed E-state index contributed by atoms with van der Waals surface area (Å²) in [6, 6.07) is 60.7. The molecular formula is C51H33FN4OSi. The Balaban J connectivity index is 1.23. The van der Waals surface area contributed by atoms with E-state index >= 15 is 4.39 Å². The molecule has 1 aliphatic heterocycles. The number of hydrogen-bond acceptors (Lipinski definition) is 4. The summed E-state index contributed by atoms with van der Waals surface area (Å²) in [4.78, 5) is 11.9. The molecule has 0 N–H and O–H groups in total. The van der Waals surface area contributed by atoms with Crippen LogP contribution in [0.5, 0.6) is 0 Å². The predicted octanol–water partition coefficient (Wildman–Crippen LogP) is 10.2. The normalized spacial score (nSPS) is 14.0. The van der Waals surface area contributed by atoms with Gasteiger partial charge in [-0.25, -0.2) is 14.4 Å². The molecule has 0 spiro atoms. The fourth-order valence-corrected chi connectivity index (χ4v) is 14.9. The molecule has 5 nitrogen and oxygen atoms in total. The third kappa shape index (κ3) is 4.50. The van der Waals surface area contributed by atoms with Gasteiger partial charge < -0.3 is 4.42 Å². The van der Waals surface area contributed by atoms with E-state index in [1.165, 1.54) is 15.6 Å².